The van der Waals surface area contributed by atoms with E-state index in [1.807, 2.05) is 24.6 Å². The number of hydrogen-bond acceptors (Lipinski definition) is 4. The minimum atomic E-state index is 0.778. The number of hydrogen-bond donors (Lipinski definition) is 1. The maximum atomic E-state index is 5.34. The first-order valence-electron chi connectivity index (χ1n) is 5.63. The van der Waals surface area contributed by atoms with Crippen molar-refractivity contribution in [2.45, 2.75) is 20.0 Å². The molecule has 1 heterocycles. The van der Waals surface area contributed by atoms with Crippen LogP contribution in [-0.2, 0) is 13.1 Å². The SMILES string of the molecule is COc1ccc(Br)cc1CNCc1scnc1C. The lowest BCUT2D eigenvalue weighted by Crippen LogP contribution is -2.13. The van der Waals surface area contributed by atoms with Crippen molar-refractivity contribution in [1.29, 1.82) is 0 Å². The molecule has 0 fully saturated rings. The lowest BCUT2D eigenvalue weighted by molar-refractivity contribution is 0.407. The lowest BCUT2D eigenvalue weighted by atomic mass is 10.2. The summed E-state index contributed by atoms with van der Waals surface area (Å²) in [5.74, 6) is 0.909. The summed E-state index contributed by atoms with van der Waals surface area (Å²) in [5.41, 5.74) is 4.13. The van der Waals surface area contributed by atoms with Crippen molar-refractivity contribution in [2.24, 2.45) is 0 Å². The number of aryl methyl sites for hydroxylation is 1. The van der Waals surface area contributed by atoms with Gasteiger partial charge in [-0.2, -0.15) is 0 Å². The fourth-order valence-corrected chi connectivity index (χ4v) is 2.85. The van der Waals surface area contributed by atoms with Crippen LogP contribution in [0.2, 0.25) is 0 Å². The summed E-state index contributed by atoms with van der Waals surface area (Å²) in [6.45, 7) is 3.65. The maximum Gasteiger partial charge on any atom is 0.123 e. The normalized spacial score (nSPS) is 10.6. The molecule has 0 saturated heterocycles. The minimum absolute atomic E-state index is 0.778. The van der Waals surface area contributed by atoms with Gasteiger partial charge in [0.05, 0.1) is 18.3 Å². The van der Waals surface area contributed by atoms with Crippen molar-refractivity contribution in [3.63, 3.8) is 0 Å². The summed E-state index contributed by atoms with van der Waals surface area (Å²) >= 11 is 5.16. The molecule has 0 saturated carbocycles. The summed E-state index contributed by atoms with van der Waals surface area (Å²) in [6.07, 6.45) is 0. The third-order valence-electron chi connectivity index (χ3n) is 2.69. The van der Waals surface area contributed by atoms with Crippen molar-refractivity contribution in [2.75, 3.05) is 7.11 Å². The molecule has 3 nitrogen and oxygen atoms in total. The zero-order valence-corrected chi connectivity index (χ0v) is 12.8. The summed E-state index contributed by atoms with van der Waals surface area (Å²) < 4.78 is 6.41. The number of rotatable bonds is 5. The predicted octanol–water partition coefficient (Wildman–Crippen LogP) is 3.51. The average molecular weight is 327 g/mol. The molecule has 0 radical (unpaired) electrons. The van der Waals surface area contributed by atoms with Crippen molar-refractivity contribution >= 4 is 27.3 Å². The van der Waals surface area contributed by atoms with Crippen LogP contribution in [0.3, 0.4) is 0 Å². The van der Waals surface area contributed by atoms with Gasteiger partial charge in [-0.3, -0.25) is 0 Å². The Morgan fingerprint density at radius 2 is 2.22 bits per heavy atom. The smallest absolute Gasteiger partial charge is 0.123 e. The topological polar surface area (TPSA) is 34.1 Å². The van der Waals surface area contributed by atoms with E-state index in [9.17, 15) is 0 Å². The number of nitrogens with zero attached hydrogens (tertiary/aromatic N) is 1. The lowest BCUT2D eigenvalue weighted by Gasteiger charge is -2.10. The number of halogens is 1. The van der Waals surface area contributed by atoms with E-state index in [4.69, 9.17) is 4.74 Å². The van der Waals surface area contributed by atoms with Crippen LogP contribution in [0.5, 0.6) is 5.75 Å². The first-order valence-corrected chi connectivity index (χ1v) is 7.30. The molecule has 1 aromatic heterocycles. The van der Waals surface area contributed by atoms with E-state index >= 15 is 0 Å². The zero-order chi connectivity index (χ0) is 13.0. The molecule has 0 bridgehead atoms. The average Bonchev–Trinajstić information content (AvgIpc) is 2.76. The Kier molecular flexibility index (Phi) is 4.74. The highest BCUT2D eigenvalue weighted by Crippen LogP contribution is 2.23. The van der Waals surface area contributed by atoms with Crippen molar-refractivity contribution in [3.05, 3.63) is 44.3 Å². The Balaban J connectivity index is 1.98. The van der Waals surface area contributed by atoms with E-state index in [1.54, 1.807) is 18.4 Å². The van der Waals surface area contributed by atoms with E-state index in [1.165, 1.54) is 4.88 Å². The monoisotopic (exact) mass is 326 g/mol. The minimum Gasteiger partial charge on any atom is -0.496 e. The largest absolute Gasteiger partial charge is 0.496 e. The maximum absolute atomic E-state index is 5.34. The van der Waals surface area contributed by atoms with Gasteiger partial charge < -0.3 is 10.1 Å². The van der Waals surface area contributed by atoms with E-state index in [2.05, 4.69) is 32.3 Å². The van der Waals surface area contributed by atoms with Crippen LogP contribution in [0.4, 0.5) is 0 Å². The molecular weight excluding hydrogens is 312 g/mol. The molecule has 0 aliphatic rings. The molecule has 1 aromatic carbocycles. The number of nitrogens with one attached hydrogen (secondary N) is 1. The highest BCUT2D eigenvalue weighted by molar-refractivity contribution is 9.10. The fourth-order valence-electron chi connectivity index (χ4n) is 1.69. The van der Waals surface area contributed by atoms with Crippen LogP contribution in [0.1, 0.15) is 16.1 Å². The van der Waals surface area contributed by atoms with Crippen molar-refractivity contribution in [3.8, 4) is 5.75 Å². The van der Waals surface area contributed by atoms with E-state index in [0.29, 0.717) is 0 Å². The van der Waals surface area contributed by atoms with Crippen LogP contribution in [-0.4, -0.2) is 12.1 Å². The number of thiazole rings is 1. The van der Waals surface area contributed by atoms with Crippen LogP contribution >= 0.6 is 27.3 Å². The van der Waals surface area contributed by atoms with E-state index in [0.717, 1.165) is 34.6 Å². The van der Waals surface area contributed by atoms with Gasteiger partial charge in [0, 0.05) is 28.0 Å². The van der Waals surface area contributed by atoms with Crippen LogP contribution in [0.25, 0.3) is 0 Å². The van der Waals surface area contributed by atoms with Gasteiger partial charge >= 0.3 is 0 Å². The fraction of sp³-hybridized carbons (Fsp3) is 0.308. The van der Waals surface area contributed by atoms with Crippen molar-refractivity contribution in [1.82, 2.24) is 10.3 Å². The summed E-state index contributed by atoms with van der Waals surface area (Å²) in [6, 6.07) is 6.03. The quantitative estimate of drug-likeness (QED) is 0.912. The highest BCUT2D eigenvalue weighted by atomic mass is 79.9. The van der Waals surface area contributed by atoms with Gasteiger partial charge in [-0.05, 0) is 25.1 Å². The van der Waals surface area contributed by atoms with Gasteiger partial charge in [0.25, 0.3) is 0 Å². The third kappa shape index (κ3) is 3.31. The Morgan fingerprint density at radius 3 is 2.89 bits per heavy atom. The Bertz CT molecular complexity index is 527. The summed E-state index contributed by atoms with van der Waals surface area (Å²) in [7, 11) is 1.69. The predicted molar refractivity (Wildman–Crippen MR) is 78.1 cm³/mol. The Labute approximate surface area is 119 Å². The molecule has 0 amide bonds. The molecule has 0 aliphatic heterocycles. The molecule has 2 aromatic rings. The zero-order valence-electron chi connectivity index (χ0n) is 10.4. The van der Waals surface area contributed by atoms with E-state index in [-0.39, 0.29) is 0 Å². The molecule has 0 spiro atoms. The second kappa shape index (κ2) is 6.31. The Morgan fingerprint density at radius 1 is 1.39 bits per heavy atom. The number of aromatic nitrogens is 1. The van der Waals surface area contributed by atoms with Gasteiger partial charge in [0.15, 0.2) is 0 Å². The van der Waals surface area contributed by atoms with Gasteiger partial charge in [0.1, 0.15) is 5.75 Å². The molecule has 1 N–H and O–H groups in total. The van der Waals surface area contributed by atoms with Crippen LogP contribution in [0.15, 0.2) is 28.2 Å². The number of methoxy groups -OCH3 is 1. The van der Waals surface area contributed by atoms with Gasteiger partial charge in [-0.1, -0.05) is 15.9 Å². The summed E-state index contributed by atoms with van der Waals surface area (Å²) in [5, 5.41) is 3.42. The van der Waals surface area contributed by atoms with E-state index < -0.39 is 0 Å². The van der Waals surface area contributed by atoms with Crippen LogP contribution < -0.4 is 10.1 Å². The molecule has 2 rings (SSSR count). The summed E-state index contributed by atoms with van der Waals surface area (Å²) in [4.78, 5) is 5.52. The standard InChI is InChI=1S/C13H15BrN2OS/c1-9-13(18-8-16-9)7-15-6-10-5-11(14)3-4-12(10)17-2/h3-5,8,15H,6-7H2,1-2H3. The molecule has 0 atom stereocenters. The number of ether oxygens (including phenoxy) is 1. The second-order valence-electron chi connectivity index (χ2n) is 3.92. The molecule has 18 heavy (non-hydrogen) atoms. The van der Waals surface area contributed by atoms with Gasteiger partial charge in [0.2, 0.25) is 0 Å². The highest BCUT2D eigenvalue weighted by Gasteiger charge is 2.05. The van der Waals surface area contributed by atoms with Gasteiger partial charge in [-0.15, -0.1) is 11.3 Å². The first-order chi connectivity index (χ1) is 8.70. The number of benzene rings is 1. The second-order valence-corrected chi connectivity index (χ2v) is 5.78. The first kappa shape index (κ1) is 13.5. The van der Waals surface area contributed by atoms with Gasteiger partial charge in [-0.25, -0.2) is 4.98 Å². The van der Waals surface area contributed by atoms with Crippen LogP contribution in [0, 0.1) is 6.92 Å². The molecule has 5 heteroatoms. The molecule has 96 valence electrons. The molecule has 0 aliphatic carbocycles. The molecule has 0 unspecified atom stereocenters. The molecular formula is C13H15BrN2OS. The third-order valence-corrected chi connectivity index (χ3v) is 4.12. The van der Waals surface area contributed by atoms with Crippen molar-refractivity contribution < 1.29 is 4.74 Å². The Hall–Kier alpha value is -0.910.